The van der Waals surface area contributed by atoms with E-state index in [0.717, 1.165) is 0 Å². The predicted molar refractivity (Wildman–Crippen MR) is 70.5 cm³/mol. The Labute approximate surface area is 98.4 Å². The molecule has 0 spiro atoms. The largest absolute Gasteiger partial charge is 0.192 e. The van der Waals surface area contributed by atoms with Gasteiger partial charge in [-0.05, 0) is 28.3 Å². The van der Waals surface area contributed by atoms with E-state index in [-0.39, 0.29) is 5.04 Å². The summed E-state index contributed by atoms with van der Waals surface area (Å²) in [4.78, 5) is 0. The van der Waals surface area contributed by atoms with E-state index in [1.807, 2.05) is 0 Å². The number of rotatable bonds is 0. The van der Waals surface area contributed by atoms with E-state index in [1.165, 1.54) is 29.6 Å². The van der Waals surface area contributed by atoms with E-state index >= 15 is 0 Å². The standard InChI is InChI=1S/C13H19ClSi/c1-13(2,3)15(14)10-6-8-11-7-4-5-9-12(11)15/h4-5,7,9H,6,8,10H2,1-3H3. The second kappa shape index (κ2) is 3.64. The molecule has 0 nitrogen and oxygen atoms in total. The van der Waals surface area contributed by atoms with Gasteiger partial charge in [-0.1, -0.05) is 51.5 Å². The minimum atomic E-state index is -1.79. The molecule has 0 aliphatic carbocycles. The fraction of sp³-hybridized carbons (Fsp3) is 0.538. The van der Waals surface area contributed by atoms with Gasteiger partial charge in [0.25, 0.3) is 0 Å². The van der Waals surface area contributed by atoms with Crippen molar-refractivity contribution in [3.63, 3.8) is 0 Å². The Morgan fingerprint density at radius 1 is 1.20 bits per heavy atom. The molecule has 0 saturated heterocycles. The van der Waals surface area contributed by atoms with Crippen molar-refractivity contribution in [3.8, 4) is 0 Å². The molecular formula is C13H19ClSi. The molecule has 2 heteroatoms. The van der Waals surface area contributed by atoms with Crippen molar-refractivity contribution >= 4 is 23.6 Å². The van der Waals surface area contributed by atoms with Crippen molar-refractivity contribution in [3.05, 3.63) is 29.8 Å². The fourth-order valence-corrected chi connectivity index (χ4v) is 7.08. The number of fused-ring (bicyclic) bond motifs is 1. The summed E-state index contributed by atoms with van der Waals surface area (Å²) in [6.45, 7) is 6.90. The predicted octanol–water partition coefficient (Wildman–Crippen LogP) is 3.82. The first-order chi connectivity index (χ1) is 6.95. The summed E-state index contributed by atoms with van der Waals surface area (Å²) in [6, 6.07) is 10.0. The molecule has 1 aromatic rings. The smallest absolute Gasteiger partial charge is 0.160 e. The summed E-state index contributed by atoms with van der Waals surface area (Å²) in [5, 5.41) is 1.75. The Kier molecular flexibility index (Phi) is 2.72. The van der Waals surface area contributed by atoms with Crippen LogP contribution in [0.25, 0.3) is 0 Å². The molecule has 0 amide bonds. The van der Waals surface area contributed by atoms with Crippen LogP contribution in [0, 0.1) is 0 Å². The molecule has 0 saturated carbocycles. The Hall–Kier alpha value is -0.273. The molecule has 0 fully saturated rings. The molecule has 1 aromatic carbocycles. The zero-order chi connectivity index (χ0) is 11.1. The highest BCUT2D eigenvalue weighted by atomic mass is 35.6. The van der Waals surface area contributed by atoms with Gasteiger partial charge < -0.3 is 0 Å². The molecule has 15 heavy (non-hydrogen) atoms. The van der Waals surface area contributed by atoms with Gasteiger partial charge in [-0.25, -0.2) is 0 Å². The second-order valence-electron chi connectivity index (χ2n) is 5.56. The van der Waals surface area contributed by atoms with Gasteiger partial charge in [0.1, 0.15) is 0 Å². The topological polar surface area (TPSA) is 0 Å². The van der Waals surface area contributed by atoms with Crippen LogP contribution in [0.15, 0.2) is 24.3 Å². The van der Waals surface area contributed by atoms with Crippen molar-refractivity contribution in [2.75, 3.05) is 0 Å². The van der Waals surface area contributed by atoms with Crippen LogP contribution in [0.5, 0.6) is 0 Å². The third-order valence-electron chi connectivity index (χ3n) is 3.60. The molecule has 1 heterocycles. The Balaban J connectivity index is 2.55. The fourth-order valence-electron chi connectivity index (χ4n) is 2.56. The quantitative estimate of drug-likeness (QED) is 0.476. The average Bonchev–Trinajstić information content (AvgIpc) is 2.17. The zero-order valence-corrected chi connectivity index (χ0v) is 11.6. The third kappa shape index (κ3) is 1.76. The van der Waals surface area contributed by atoms with E-state index in [1.54, 1.807) is 0 Å². The number of halogens is 1. The van der Waals surface area contributed by atoms with Crippen LogP contribution in [-0.4, -0.2) is 7.38 Å². The van der Waals surface area contributed by atoms with Gasteiger partial charge in [0.2, 0.25) is 0 Å². The van der Waals surface area contributed by atoms with Crippen LogP contribution in [-0.2, 0) is 6.42 Å². The van der Waals surface area contributed by atoms with Gasteiger partial charge in [0.05, 0.1) is 0 Å². The summed E-state index contributed by atoms with van der Waals surface area (Å²) >= 11 is 7.02. The second-order valence-corrected chi connectivity index (χ2v) is 11.6. The van der Waals surface area contributed by atoms with Gasteiger partial charge in [0.15, 0.2) is 7.38 Å². The van der Waals surface area contributed by atoms with Gasteiger partial charge in [-0.2, -0.15) is 11.1 Å². The van der Waals surface area contributed by atoms with Crippen molar-refractivity contribution < 1.29 is 0 Å². The zero-order valence-electron chi connectivity index (χ0n) is 9.81. The van der Waals surface area contributed by atoms with Gasteiger partial charge >= 0.3 is 0 Å². The molecule has 0 N–H and O–H groups in total. The lowest BCUT2D eigenvalue weighted by Crippen LogP contribution is -2.53. The number of hydrogen-bond acceptors (Lipinski definition) is 0. The third-order valence-corrected chi connectivity index (χ3v) is 11.2. The summed E-state index contributed by atoms with van der Waals surface area (Å²) in [6.07, 6.45) is 2.48. The molecule has 1 atom stereocenters. The molecule has 0 radical (unpaired) electrons. The molecular weight excluding hydrogens is 220 g/mol. The molecule has 0 aromatic heterocycles. The summed E-state index contributed by atoms with van der Waals surface area (Å²) < 4.78 is 0. The highest BCUT2D eigenvalue weighted by molar-refractivity contribution is 7.29. The summed E-state index contributed by atoms with van der Waals surface area (Å²) in [5.41, 5.74) is 1.50. The number of aryl methyl sites for hydroxylation is 1. The van der Waals surface area contributed by atoms with Crippen LogP contribution in [0.2, 0.25) is 11.1 Å². The molecule has 82 valence electrons. The number of hydrogen-bond donors (Lipinski definition) is 0. The van der Waals surface area contributed by atoms with Crippen molar-refractivity contribution in [2.45, 2.75) is 44.7 Å². The van der Waals surface area contributed by atoms with Crippen LogP contribution in [0.3, 0.4) is 0 Å². The average molecular weight is 239 g/mol. The van der Waals surface area contributed by atoms with E-state index in [9.17, 15) is 0 Å². The first-order valence-electron chi connectivity index (χ1n) is 5.72. The van der Waals surface area contributed by atoms with E-state index in [0.29, 0.717) is 0 Å². The maximum atomic E-state index is 7.02. The summed E-state index contributed by atoms with van der Waals surface area (Å²) in [5.74, 6) is 0. The summed E-state index contributed by atoms with van der Waals surface area (Å²) in [7, 11) is -1.79. The minimum absolute atomic E-state index is 0.255. The first-order valence-corrected chi connectivity index (χ1v) is 8.94. The van der Waals surface area contributed by atoms with Crippen LogP contribution < -0.4 is 5.19 Å². The normalized spacial score (nSPS) is 26.1. The van der Waals surface area contributed by atoms with E-state index in [2.05, 4.69) is 45.0 Å². The monoisotopic (exact) mass is 238 g/mol. The van der Waals surface area contributed by atoms with Crippen LogP contribution in [0.4, 0.5) is 0 Å². The van der Waals surface area contributed by atoms with Crippen LogP contribution >= 0.6 is 11.1 Å². The number of benzene rings is 1. The van der Waals surface area contributed by atoms with E-state index < -0.39 is 7.38 Å². The molecule has 1 aliphatic heterocycles. The highest BCUT2D eigenvalue weighted by Gasteiger charge is 2.46. The SMILES string of the molecule is CC(C)(C)[Si]1(Cl)CCCc2ccccc21. The maximum Gasteiger partial charge on any atom is 0.192 e. The van der Waals surface area contributed by atoms with Crippen LogP contribution in [0.1, 0.15) is 32.8 Å². The Bertz CT molecular complexity index is 367. The molecule has 0 bridgehead atoms. The Morgan fingerprint density at radius 2 is 1.87 bits per heavy atom. The maximum absolute atomic E-state index is 7.02. The Morgan fingerprint density at radius 3 is 2.53 bits per heavy atom. The lowest BCUT2D eigenvalue weighted by atomic mass is 10.1. The molecule has 2 rings (SSSR count). The first kappa shape index (κ1) is 11.2. The van der Waals surface area contributed by atoms with Crippen molar-refractivity contribution in [2.24, 2.45) is 0 Å². The van der Waals surface area contributed by atoms with Gasteiger partial charge in [-0.3, -0.25) is 0 Å². The highest BCUT2D eigenvalue weighted by Crippen LogP contribution is 2.44. The van der Waals surface area contributed by atoms with Gasteiger partial charge in [0, 0.05) is 0 Å². The minimum Gasteiger partial charge on any atom is -0.160 e. The molecule has 1 unspecified atom stereocenters. The van der Waals surface area contributed by atoms with E-state index in [4.69, 9.17) is 11.1 Å². The molecule has 1 aliphatic rings. The lowest BCUT2D eigenvalue weighted by molar-refractivity contribution is 0.715. The lowest BCUT2D eigenvalue weighted by Gasteiger charge is -2.41. The van der Waals surface area contributed by atoms with Crippen molar-refractivity contribution in [1.82, 2.24) is 0 Å². The van der Waals surface area contributed by atoms with Crippen molar-refractivity contribution in [1.29, 1.82) is 0 Å². The van der Waals surface area contributed by atoms with Gasteiger partial charge in [-0.15, -0.1) is 0 Å².